The fourth-order valence-electron chi connectivity index (χ4n) is 4.44. The maximum atomic E-state index is 13.1. The van der Waals surface area contributed by atoms with E-state index in [0.717, 1.165) is 35.6 Å². The SMILES string of the molecule is Cc1nc(-c2ccccc2)nc(N2CCCN(C(=O)c3ccc([N+](=O)[O-])cc3)CC2)c1C(C)C. The van der Waals surface area contributed by atoms with E-state index in [9.17, 15) is 14.9 Å². The predicted molar refractivity (Wildman–Crippen MR) is 132 cm³/mol. The fraction of sp³-hybridized carbons (Fsp3) is 0.346. The Kier molecular flexibility index (Phi) is 6.86. The molecule has 0 aliphatic carbocycles. The second-order valence-electron chi connectivity index (χ2n) is 8.83. The summed E-state index contributed by atoms with van der Waals surface area (Å²) in [6.45, 7) is 8.96. The van der Waals surface area contributed by atoms with E-state index in [0.29, 0.717) is 31.0 Å². The third-order valence-electron chi connectivity index (χ3n) is 6.13. The number of hydrogen-bond acceptors (Lipinski definition) is 6. The van der Waals surface area contributed by atoms with Crippen LogP contribution in [0.2, 0.25) is 0 Å². The molecule has 3 aromatic rings. The van der Waals surface area contributed by atoms with E-state index >= 15 is 0 Å². The Balaban J connectivity index is 1.58. The molecule has 1 saturated heterocycles. The Morgan fingerprint density at radius 2 is 1.68 bits per heavy atom. The number of nitro benzene ring substituents is 1. The van der Waals surface area contributed by atoms with Crippen molar-refractivity contribution >= 4 is 17.4 Å². The van der Waals surface area contributed by atoms with Crippen molar-refractivity contribution in [3.8, 4) is 11.4 Å². The van der Waals surface area contributed by atoms with Crippen LogP contribution in [-0.2, 0) is 0 Å². The number of nitro groups is 1. The molecule has 0 atom stereocenters. The molecule has 1 amide bonds. The first-order chi connectivity index (χ1) is 16.3. The first kappa shape index (κ1) is 23.4. The van der Waals surface area contributed by atoms with Crippen molar-refractivity contribution in [1.82, 2.24) is 14.9 Å². The minimum absolute atomic E-state index is 0.0202. The molecule has 1 aliphatic heterocycles. The molecular formula is C26H29N5O3. The molecule has 8 nitrogen and oxygen atoms in total. The molecule has 2 aromatic carbocycles. The maximum absolute atomic E-state index is 13.1. The Labute approximate surface area is 199 Å². The third-order valence-corrected chi connectivity index (χ3v) is 6.13. The van der Waals surface area contributed by atoms with Gasteiger partial charge in [-0.15, -0.1) is 0 Å². The van der Waals surface area contributed by atoms with Crippen molar-refractivity contribution in [2.45, 2.75) is 33.1 Å². The van der Waals surface area contributed by atoms with Crippen molar-refractivity contribution in [2.24, 2.45) is 0 Å². The summed E-state index contributed by atoms with van der Waals surface area (Å²) in [6.07, 6.45) is 0.806. The molecule has 0 bridgehead atoms. The van der Waals surface area contributed by atoms with Crippen molar-refractivity contribution in [2.75, 3.05) is 31.1 Å². The van der Waals surface area contributed by atoms with Crippen LogP contribution in [0.15, 0.2) is 54.6 Å². The largest absolute Gasteiger partial charge is 0.354 e. The second-order valence-corrected chi connectivity index (χ2v) is 8.83. The van der Waals surface area contributed by atoms with Gasteiger partial charge in [-0.25, -0.2) is 9.97 Å². The van der Waals surface area contributed by atoms with Gasteiger partial charge in [-0.1, -0.05) is 44.2 Å². The lowest BCUT2D eigenvalue weighted by Crippen LogP contribution is -2.35. The molecular weight excluding hydrogens is 430 g/mol. The number of non-ortho nitro benzene ring substituents is 1. The summed E-state index contributed by atoms with van der Waals surface area (Å²) in [7, 11) is 0. The molecule has 0 radical (unpaired) electrons. The van der Waals surface area contributed by atoms with Crippen LogP contribution >= 0.6 is 0 Å². The number of hydrogen-bond donors (Lipinski definition) is 0. The normalized spacial score (nSPS) is 14.2. The highest BCUT2D eigenvalue weighted by Crippen LogP contribution is 2.31. The number of amides is 1. The number of aromatic nitrogens is 2. The zero-order valence-corrected chi connectivity index (χ0v) is 19.8. The average molecular weight is 460 g/mol. The number of carbonyl (C=O) groups is 1. The van der Waals surface area contributed by atoms with Crippen molar-refractivity contribution < 1.29 is 9.72 Å². The zero-order chi connectivity index (χ0) is 24.2. The van der Waals surface area contributed by atoms with Gasteiger partial charge in [-0.2, -0.15) is 0 Å². The summed E-state index contributed by atoms with van der Waals surface area (Å²) in [5, 5.41) is 10.9. The van der Waals surface area contributed by atoms with Gasteiger partial charge < -0.3 is 9.80 Å². The first-order valence-electron chi connectivity index (χ1n) is 11.6. The zero-order valence-electron chi connectivity index (χ0n) is 19.8. The standard InChI is InChI=1S/C26H29N5O3/c1-18(2)23-19(3)27-24(20-8-5-4-6-9-20)28-25(23)29-14-7-15-30(17-16-29)26(32)21-10-12-22(13-11-21)31(33)34/h4-6,8-13,18H,7,14-17H2,1-3H3. The van der Waals surface area contributed by atoms with Gasteiger partial charge in [-0.05, 0) is 31.4 Å². The molecule has 1 aromatic heterocycles. The van der Waals surface area contributed by atoms with E-state index in [4.69, 9.17) is 9.97 Å². The molecule has 0 saturated carbocycles. The molecule has 34 heavy (non-hydrogen) atoms. The van der Waals surface area contributed by atoms with Gasteiger partial charge in [0.15, 0.2) is 5.82 Å². The van der Waals surface area contributed by atoms with Gasteiger partial charge in [0.25, 0.3) is 11.6 Å². The molecule has 176 valence electrons. The summed E-state index contributed by atoms with van der Waals surface area (Å²) in [5.41, 5.74) is 3.53. The van der Waals surface area contributed by atoms with Crippen LogP contribution < -0.4 is 4.90 Å². The number of carbonyl (C=O) groups excluding carboxylic acids is 1. The van der Waals surface area contributed by atoms with Crippen LogP contribution in [0, 0.1) is 17.0 Å². The van der Waals surface area contributed by atoms with E-state index < -0.39 is 4.92 Å². The lowest BCUT2D eigenvalue weighted by Gasteiger charge is -2.27. The Morgan fingerprint density at radius 3 is 2.32 bits per heavy atom. The molecule has 2 heterocycles. The van der Waals surface area contributed by atoms with Gasteiger partial charge in [0, 0.05) is 60.7 Å². The van der Waals surface area contributed by atoms with Crippen LogP contribution in [-0.4, -0.2) is 51.9 Å². The Bertz CT molecular complexity index is 1180. The number of benzene rings is 2. The van der Waals surface area contributed by atoms with Gasteiger partial charge in [-0.3, -0.25) is 14.9 Å². The van der Waals surface area contributed by atoms with E-state index in [1.54, 1.807) is 0 Å². The summed E-state index contributed by atoms with van der Waals surface area (Å²) in [4.78, 5) is 37.4. The minimum atomic E-state index is -0.461. The number of rotatable bonds is 5. The first-order valence-corrected chi connectivity index (χ1v) is 11.6. The summed E-state index contributed by atoms with van der Waals surface area (Å²) >= 11 is 0. The summed E-state index contributed by atoms with van der Waals surface area (Å²) < 4.78 is 0. The molecule has 1 aliphatic rings. The second kappa shape index (κ2) is 9.99. The fourth-order valence-corrected chi connectivity index (χ4v) is 4.44. The van der Waals surface area contributed by atoms with E-state index in [-0.39, 0.29) is 17.5 Å². The minimum Gasteiger partial charge on any atom is -0.354 e. The summed E-state index contributed by atoms with van der Waals surface area (Å²) in [6, 6.07) is 15.8. The highest BCUT2D eigenvalue weighted by molar-refractivity contribution is 5.94. The van der Waals surface area contributed by atoms with E-state index in [2.05, 4.69) is 18.7 Å². The highest BCUT2D eigenvalue weighted by Gasteiger charge is 2.25. The number of aryl methyl sites for hydroxylation is 1. The maximum Gasteiger partial charge on any atom is 0.269 e. The monoisotopic (exact) mass is 459 g/mol. The van der Waals surface area contributed by atoms with Crippen molar-refractivity contribution in [3.05, 3.63) is 81.5 Å². The van der Waals surface area contributed by atoms with Crippen LogP contribution in [0.1, 0.15) is 47.8 Å². The molecule has 0 unspecified atom stereocenters. The number of nitrogens with zero attached hydrogens (tertiary/aromatic N) is 5. The highest BCUT2D eigenvalue weighted by atomic mass is 16.6. The predicted octanol–water partition coefficient (Wildman–Crippen LogP) is 4.84. The van der Waals surface area contributed by atoms with Gasteiger partial charge in [0.2, 0.25) is 0 Å². The van der Waals surface area contributed by atoms with Crippen LogP contribution in [0.25, 0.3) is 11.4 Å². The molecule has 1 fully saturated rings. The third kappa shape index (κ3) is 4.90. The molecule has 0 N–H and O–H groups in total. The van der Waals surface area contributed by atoms with E-state index in [1.807, 2.05) is 42.2 Å². The lowest BCUT2D eigenvalue weighted by molar-refractivity contribution is -0.384. The number of anilines is 1. The van der Waals surface area contributed by atoms with Crippen molar-refractivity contribution in [3.63, 3.8) is 0 Å². The van der Waals surface area contributed by atoms with Crippen molar-refractivity contribution in [1.29, 1.82) is 0 Å². The molecule has 4 rings (SSSR count). The molecule has 0 spiro atoms. The van der Waals surface area contributed by atoms with Gasteiger partial charge in [0.1, 0.15) is 5.82 Å². The van der Waals surface area contributed by atoms with Crippen LogP contribution in [0.4, 0.5) is 11.5 Å². The van der Waals surface area contributed by atoms with Gasteiger partial charge >= 0.3 is 0 Å². The van der Waals surface area contributed by atoms with Gasteiger partial charge in [0.05, 0.1) is 4.92 Å². The van der Waals surface area contributed by atoms with E-state index in [1.165, 1.54) is 24.3 Å². The lowest BCUT2D eigenvalue weighted by atomic mass is 10.0. The Morgan fingerprint density at radius 1 is 0.971 bits per heavy atom. The smallest absolute Gasteiger partial charge is 0.269 e. The average Bonchev–Trinajstić information content (AvgIpc) is 3.10. The molecule has 8 heteroatoms. The summed E-state index contributed by atoms with van der Waals surface area (Å²) in [5.74, 6) is 1.80. The van der Waals surface area contributed by atoms with Crippen LogP contribution in [0.5, 0.6) is 0 Å². The topological polar surface area (TPSA) is 92.5 Å². The Hall–Kier alpha value is -3.81. The quantitative estimate of drug-likeness (QED) is 0.401. The van der Waals surface area contributed by atoms with Crippen LogP contribution in [0.3, 0.4) is 0 Å².